The highest BCUT2D eigenvalue weighted by atomic mass is 19.1. The number of carbonyl (C=O) groups is 2. The van der Waals surface area contributed by atoms with E-state index in [9.17, 15) is 14.0 Å². The third kappa shape index (κ3) is 3.96. The molecular weight excluding hydrogens is 417 g/mol. The lowest BCUT2D eigenvalue weighted by Crippen LogP contribution is -2.46. The average Bonchev–Trinajstić information content (AvgIpc) is 3.21. The molecule has 3 aromatic carbocycles. The maximum Gasteiger partial charge on any atom is 0.272 e. The number of rotatable bonds is 4. The molecule has 5 rings (SSSR count). The Bertz CT molecular complexity index is 1310. The Hall–Kier alpha value is -4.06. The van der Waals surface area contributed by atoms with Crippen molar-refractivity contribution in [2.75, 3.05) is 11.4 Å². The largest absolute Gasteiger partial charge is 0.323 e. The maximum absolute atomic E-state index is 14.8. The van der Waals surface area contributed by atoms with E-state index in [4.69, 9.17) is 0 Å². The van der Waals surface area contributed by atoms with E-state index in [1.807, 2.05) is 49.4 Å². The lowest BCUT2D eigenvalue weighted by molar-refractivity contribution is -0.125. The van der Waals surface area contributed by atoms with Crippen LogP contribution in [-0.4, -0.2) is 30.2 Å². The molecule has 1 N–H and O–H groups in total. The predicted molar refractivity (Wildman–Crippen MR) is 127 cm³/mol. The number of carbonyl (C=O) groups excluding carboxylic acids is 2. The number of benzene rings is 3. The number of hydrogen-bond donors (Lipinski definition) is 1. The lowest BCUT2D eigenvalue weighted by atomic mass is 9.98. The first-order chi connectivity index (χ1) is 16.0. The molecule has 0 fully saturated rings. The fourth-order valence-corrected chi connectivity index (χ4v) is 4.26. The Labute approximate surface area is 191 Å². The average molecular weight is 439 g/mol. The summed E-state index contributed by atoms with van der Waals surface area (Å²) in [6.07, 6.45) is 2.60. The summed E-state index contributed by atoms with van der Waals surface area (Å²) in [6.45, 7) is 2.49. The van der Waals surface area contributed by atoms with Crippen molar-refractivity contribution in [3.63, 3.8) is 0 Å². The van der Waals surface area contributed by atoms with Crippen LogP contribution >= 0.6 is 0 Å². The fourth-order valence-electron chi connectivity index (χ4n) is 4.26. The molecule has 2 aliphatic heterocycles. The summed E-state index contributed by atoms with van der Waals surface area (Å²) < 4.78 is 14.8. The second kappa shape index (κ2) is 8.47. The van der Waals surface area contributed by atoms with Gasteiger partial charge in [-0.1, -0.05) is 60.2 Å². The van der Waals surface area contributed by atoms with Crippen LogP contribution in [0.4, 0.5) is 10.1 Å². The summed E-state index contributed by atoms with van der Waals surface area (Å²) >= 11 is 0. The minimum Gasteiger partial charge on any atom is -0.323 e. The third-order valence-electron chi connectivity index (χ3n) is 5.92. The summed E-state index contributed by atoms with van der Waals surface area (Å²) in [4.78, 5) is 32.3. The number of para-hydroxylation sites is 1. The zero-order valence-corrected chi connectivity index (χ0v) is 18.1. The van der Waals surface area contributed by atoms with Gasteiger partial charge in [0.05, 0.1) is 11.4 Å². The van der Waals surface area contributed by atoms with Crippen molar-refractivity contribution in [1.82, 2.24) is 5.32 Å². The molecule has 0 bridgehead atoms. The van der Waals surface area contributed by atoms with Crippen LogP contribution in [0.15, 0.2) is 77.8 Å². The molecular formula is C27H22FN3O2. The van der Waals surface area contributed by atoms with Crippen LogP contribution in [0.3, 0.4) is 0 Å². The van der Waals surface area contributed by atoms with Crippen LogP contribution in [0.25, 0.3) is 6.08 Å². The van der Waals surface area contributed by atoms with Crippen molar-refractivity contribution in [1.29, 1.82) is 0 Å². The first kappa shape index (κ1) is 20.8. The normalized spacial score (nSPS) is 17.0. The lowest BCUT2D eigenvalue weighted by Gasteiger charge is -2.20. The van der Waals surface area contributed by atoms with Crippen LogP contribution in [-0.2, 0) is 16.0 Å². The van der Waals surface area contributed by atoms with Crippen molar-refractivity contribution in [3.05, 3.63) is 106 Å². The van der Waals surface area contributed by atoms with Crippen molar-refractivity contribution in [3.8, 4) is 0 Å². The minimum absolute atomic E-state index is 0.293. The number of anilines is 1. The molecule has 1 unspecified atom stereocenters. The SMILES string of the molecule is Cc1ccc(C=CC(=O)NC2N=C(c3ccccc3F)c3cccc4c3N(CC4)C2=O)cc1. The minimum atomic E-state index is -1.16. The van der Waals surface area contributed by atoms with E-state index in [0.29, 0.717) is 29.8 Å². The number of nitrogens with one attached hydrogen (secondary N) is 1. The second-order valence-electron chi connectivity index (χ2n) is 8.17. The van der Waals surface area contributed by atoms with Crippen LogP contribution in [0.2, 0.25) is 0 Å². The van der Waals surface area contributed by atoms with Gasteiger partial charge in [-0.2, -0.15) is 0 Å². The Kier molecular flexibility index (Phi) is 5.34. The van der Waals surface area contributed by atoms with Crippen LogP contribution < -0.4 is 10.2 Å². The van der Waals surface area contributed by atoms with Gasteiger partial charge in [0, 0.05) is 23.7 Å². The highest BCUT2D eigenvalue weighted by Crippen LogP contribution is 2.36. The number of halogens is 1. The number of amides is 2. The molecule has 164 valence electrons. The van der Waals surface area contributed by atoms with Crippen molar-refractivity contribution in [2.45, 2.75) is 19.5 Å². The molecule has 0 spiro atoms. The van der Waals surface area contributed by atoms with E-state index in [1.54, 1.807) is 29.2 Å². The first-order valence-corrected chi connectivity index (χ1v) is 10.8. The van der Waals surface area contributed by atoms with Crippen LogP contribution in [0.5, 0.6) is 0 Å². The number of hydrogen-bond acceptors (Lipinski definition) is 3. The standard InChI is InChI=1S/C27H22FN3O2/c1-17-9-11-18(12-10-17)13-14-23(32)29-26-27(33)31-16-15-19-5-4-7-21(25(19)31)24(30-26)20-6-2-3-8-22(20)28/h2-14,26H,15-16H2,1H3,(H,29,32). The molecule has 2 aliphatic rings. The van der Waals surface area contributed by atoms with E-state index >= 15 is 0 Å². The van der Waals surface area contributed by atoms with E-state index in [1.165, 1.54) is 12.1 Å². The van der Waals surface area contributed by atoms with Gasteiger partial charge >= 0.3 is 0 Å². The van der Waals surface area contributed by atoms with E-state index < -0.39 is 17.9 Å². The summed E-state index contributed by atoms with van der Waals surface area (Å²) in [6, 6.07) is 19.8. The molecule has 0 aromatic heterocycles. The Balaban J connectivity index is 1.52. The monoisotopic (exact) mass is 439 g/mol. The van der Waals surface area contributed by atoms with Gasteiger partial charge in [-0.15, -0.1) is 0 Å². The van der Waals surface area contributed by atoms with Crippen molar-refractivity contribution in [2.24, 2.45) is 4.99 Å². The molecule has 5 nitrogen and oxygen atoms in total. The highest BCUT2D eigenvalue weighted by molar-refractivity contribution is 6.21. The van der Waals surface area contributed by atoms with Crippen LogP contribution in [0, 0.1) is 12.7 Å². The third-order valence-corrected chi connectivity index (χ3v) is 5.92. The molecule has 0 saturated carbocycles. The molecule has 0 radical (unpaired) electrons. The van der Waals surface area contributed by atoms with E-state index in [-0.39, 0.29) is 5.91 Å². The smallest absolute Gasteiger partial charge is 0.272 e. The van der Waals surface area contributed by atoms with Gasteiger partial charge in [0.25, 0.3) is 5.91 Å². The zero-order chi connectivity index (χ0) is 22.9. The van der Waals surface area contributed by atoms with Crippen molar-refractivity contribution < 1.29 is 14.0 Å². The molecule has 3 aromatic rings. The number of aliphatic imine (C=N–C) groups is 1. The van der Waals surface area contributed by atoms with E-state index in [2.05, 4.69) is 10.3 Å². The summed E-state index contributed by atoms with van der Waals surface area (Å²) in [5.41, 5.74) is 5.09. The molecule has 33 heavy (non-hydrogen) atoms. The summed E-state index contributed by atoms with van der Waals surface area (Å²) in [7, 11) is 0. The van der Waals surface area contributed by atoms with Crippen molar-refractivity contribution >= 4 is 29.3 Å². The molecule has 0 aliphatic carbocycles. The van der Waals surface area contributed by atoms with Gasteiger partial charge in [-0.25, -0.2) is 9.38 Å². The molecule has 1 atom stereocenters. The second-order valence-corrected chi connectivity index (χ2v) is 8.17. The molecule has 0 saturated heterocycles. The van der Waals surface area contributed by atoms with Crippen LogP contribution in [0.1, 0.15) is 27.8 Å². The van der Waals surface area contributed by atoms with Gasteiger partial charge in [-0.3, -0.25) is 9.59 Å². The highest BCUT2D eigenvalue weighted by Gasteiger charge is 2.37. The first-order valence-electron chi connectivity index (χ1n) is 10.8. The van der Waals surface area contributed by atoms with Gasteiger partial charge in [0.1, 0.15) is 5.82 Å². The Morgan fingerprint density at radius 2 is 1.82 bits per heavy atom. The number of aryl methyl sites for hydroxylation is 1. The van der Waals surface area contributed by atoms with Gasteiger partial charge in [0.2, 0.25) is 12.1 Å². The zero-order valence-electron chi connectivity index (χ0n) is 18.1. The quantitative estimate of drug-likeness (QED) is 0.624. The van der Waals surface area contributed by atoms with Gasteiger partial charge in [0.15, 0.2) is 0 Å². The maximum atomic E-state index is 14.8. The summed E-state index contributed by atoms with van der Waals surface area (Å²) in [5.74, 6) is -1.21. The van der Waals surface area contributed by atoms with Gasteiger partial charge in [-0.05, 0) is 42.7 Å². The molecule has 2 amide bonds. The van der Waals surface area contributed by atoms with Gasteiger partial charge < -0.3 is 10.2 Å². The Morgan fingerprint density at radius 1 is 1.06 bits per heavy atom. The Morgan fingerprint density at radius 3 is 2.61 bits per heavy atom. The predicted octanol–water partition coefficient (Wildman–Crippen LogP) is 4.03. The topological polar surface area (TPSA) is 61.8 Å². The summed E-state index contributed by atoms with van der Waals surface area (Å²) in [5, 5.41) is 2.70. The number of nitrogens with zero attached hydrogens (tertiary/aromatic N) is 2. The molecule has 2 heterocycles. The fraction of sp³-hybridized carbons (Fsp3) is 0.148. The molecule has 6 heteroatoms. The van der Waals surface area contributed by atoms with E-state index in [0.717, 1.165) is 22.4 Å².